The second-order valence-electron chi connectivity index (χ2n) is 4.67. The SMILES string of the molecule is C=C[C@@H]1CC[C@H](/C=C\CC)[C@@H]1OCCCC. The highest BCUT2D eigenvalue weighted by molar-refractivity contribution is 5.03. The Morgan fingerprint density at radius 3 is 2.62 bits per heavy atom. The van der Waals surface area contributed by atoms with E-state index >= 15 is 0 Å². The molecule has 1 rings (SSSR count). The molecule has 0 aliphatic heterocycles. The first kappa shape index (κ1) is 13.5. The molecule has 1 aliphatic rings. The zero-order valence-corrected chi connectivity index (χ0v) is 10.8. The molecular weight excluding hydrogens is 196 g/mol. The molecule has 0 saturated heterocycles. The number of allylic oxidation sites excluding steroid dienone is 1. The summed E-state index contributed by atoms with van der Waals surface area (Å²) in [7, 11) is 0. The van der Waals surface area contributed by atoms with Crippen LogP contribution in [-0.4, -0.2) is 12.7 Å². The third-order valence-corrected chi connectivity index (χ3v) is 3.41. The molecule has 1 saturated carbocycles. The van der Waals surface area contributed by atoms with Gasteiger partial charge in [0.15, 0.2) is 0 Å². The van der Waals surface area contributed by atoms with Crippen LogP contribution in [0, 0.1) is 11.8 Å². The van der Waals surface area contributed by atoms with Crippen molar-refractivity contribution in [1.82, 2.24) is 0 Å². The van der Waals surface area contributed by atoms with Gasteiger partial charge in [-0.05, 0) is 25.7 Å². The molecule has 1 fully saturated rings. The highest BCUT2D eigenvalue weighted by atomic mass is 16.5. The first-order valence-electron chi connectivity index (χ1n) is 6.74. The van der Waals surface area contributed by atoms with E-state index in [1.165, 1.54) is 25.7 Å². The standard InChI is InChI=1S/C15H26O/c1-4-7-9-14-11-10-13(6-3)15(14)16-12-8-5-2/h6-7,9,13-15H,3-5,8,10-12H2,1-2H3/b9-7-/t13-,14+,15-/m1/s1. The highest BCUT2D eigenvalue weighted by Crippen LogP contribution is 2.35. The Balaban J connectivity index is 2.48. The minimum Gasteiger partial charge on any atom is -0.377 e. The van der Waals surface area contributed by atoms with Crippen molar-refractivity contribution >= 4 is 0 Å². The first-order chi connectivity index (χ1) is 7.83. The van der Waals surface area contributed by atoms with Crippen molar-refractivity contribution in [3.05, 3.63) is 24.8 Å². The van der Waals surface area contributed by atoms with Crippen molar-refractivity contribution in [1.29, 1.82) is 0 Å². The summed E-state index contributed by atoms with van der Waals surface area (Å²) >= 11 is 0. The first-order valence-corrected chi connectivity index (χ1v) is 6.74. The van der Waals surface area contributed by atoms with Gasteiger partial charge < -0.3 is 4.74 Å². The molecule has 1 aliphatic carbocycles. The number of ether oxygens (including phenoxy) is 1. The molecule has 16 heavy (non-hydrogen) atoms. The summed E-state index contributed by atoms with van der Waals surface area (Å²) in [5, 5.41) is 0. The number of unbranched alkanes of at least 4 members (excludes halogenated alkanes) is 1. The molecule has 1 nitrogen and oxygen atoms in total. The molecule has 0 aromatic carbocycles. The summed E-state index contributed by atoms with van der Waals surface area (Å²) < 4.78 is 6.03. The largest absolute Gasteiger partial charge is 0.377 e. The maximum absolute atomic E-state index is 6.03. The van der Waals surface area contributed by atoms with Gasteiger partial charge in [-0.15, -0.1) is 6.58 Å². The van der Waals surface area contributed by atoms with Gasteiger partial charge in [-0.2, -0.15) is 0 Å². The Morgan fingerprint density at radius 1 is 1.25 bits per heavy atom. The van der Waals surface area contributed by atoms with Crippen molar-refractivity contribution in [2.24, 2.45) is 11.8 Å². The van der Waals surface area contributed by atoms with Crippen LogP contribution in [0.1, 0.15) is 46.0 Å². The van der Waals surface area contributed by atoms with E-state index in [-0.39, 0.29) is 0 Å². The maximum Gasteiger partial charge on any atom is 0.0699 e. The summed E-state index contributed by atoms with van der Waals surface area (Å²) in [6, 6.07) is 0. The van der Waals surface area contributed by atoms with E-state index in [0.717, 1.165) is 13.0 Å². The predicted molar refractivity (Wildman–Crippen MR) is 70.5 cm³/mol. The van der Waals surface area contributed by atoms with Crippen molar-refractivity contribution in [3.63, 3.8) is 0 Å². The molecule has 0 aromatic rings. The van der Waals surface area contributed by atoms with Gasteiger partial charge in [0.25, 0.3) is 0 Å². The fraction of sp³-hybridized carbons (Fsp3) is 0.733. The number of hydrogen-bond acceptors (Lipinski definition) is 1. The van der Waals surface area contributed by atoms with Gasteiger partial charge in [-0.3, -0.25) is 0 Å². The van der Waals surface area contributed by atoms with E-state index < -0.39 is 0 Å². The maximum atomic E-state index is 6.03. The Morgan fingerprint density at radius 2 is 2.00 bits per heavy atom. The summed E-state index contributed by atoms with van der Waals surface area (Å²) in [4.78, 5) is 0. The monoisotopic (exact) mass is 222 g/mol. The lowest BCUT2D eigenvalue weighted by atomic mass is 10.00. The third kappa shape index (κ3) is 3.79. The lowest BCUT2D eigenvalue weighted by molar-refractivity contribution is 0.0201. The van der Waals surface area contributed by atoms with Gasteiger partial charge >= 0.3 is 0 Å². The van der Waals surface area contributed by atoms with Crippen LogP contribution in [-0.2, 0) is 4.74 Å². The quantitative estimate of drug-likeness (QED) is 0.459. The van der Waals surface area contributed by atoms with Crippen LogP contribution in [0.4, 0.5) is 0 Å². The second kappa shape index (κ2) is 7.67. The fourth-order valence-corrected chi connectivity index (χ4v) is 2.41. The van der Waals surface area contributed by atoms with E-state index in [1.54, 1.807) is 0 Å². The van der Waals surface area contributed by atoms with E-state index in [9.17, 15) is 0 Å². The Labute approximate surface area is 101 Å². The molecule has 1 heteroatoms. The summed E-state index contributed by atoms with van der Waals surface area (Å²) in [6.07, 6.45) is 13.1. The molecule has 0 N–H and O–H groups in total. The smallest absolute Gasteiger partial charge is 0.0699 e. The van der Waals surface area contributed by atoms with Gasteiger partial charge in [0.2, 0.25) is 0 Å². The van der Waals surface area contributed by atoms with Crippen LogP contribution >= 0.6 is 0 Å². The van der Waals surface area contributed by atoms with Crippen LogP contribution in [0.5, 0.6) is 0 Å². The van der Waals surface area contributed by atoms with Crippen molar-refractivity contribution < 1.29 is 4.74 Å². The third-order valence-electron chi connectivity index (χ3n) is 3.41. The van der Waals surface area contributed by atoms with Gasteiger partial charge in [0.05, 0.1) is 6.10 Å². The van der Waals surface area contributed by atoms with E-state index in [4.69, 9.17) is 4.74 Å². The minimum atomic E-state index is 0.381. The molecular formula is C15H26O. The molecule has 0 heterocycles. The zero-order chi connectivity index (χ0) is 11.8. The van der Waals surface area contributed by atoms with Crippen molar-refractivity contribution in [2.45, 2.75) is 52.1 Å². The zero-order valence-electron chi connectivity index (χ0n) is 10.8. The van der Waals surface area contributed by atoms with Gasteiger partial charge in [-0.1, -0.05) is 38.5 Å². The molecule has 0 unspecified atom stereocenters. The fourth-order valence-electron chi connectivity index (χ4n) is 2.41. The second-order valence-corrected chi connectivity index (χ2v) is 4.67. The van der Waals surface area contributed by atoms with Crippen LogP contribution < -0.4 is 0 Å². The average molecular weight is 222 g/mol. The van der Waals surface area contributed by atoms with E-state index in [1.807, 2.05) is 0 Å². The van der Waals surface area contributed by atoms with E-state index in [0.29, 0.717) is 17.9 Å². The summed E-state index contributed by atoms with van der Waals surface area (Å²) in [5.74, 6) is 1.17. The van der Waals surface area contributed by atoms with E-state index in [2.05, 4.69) is 38.7 Å². The molecule has 92 valence electrons. The Bertz CT molecular complexity index is 219. The normalized spacial score (nSPS) is 30.0. The molecule has 0 aromatic heterocycles. The van der Waals surface area contributed by atoms with Gasteiger partial charge in [0, 0.05) is 18.4 Å². The molecule has 0 bridgehead atoms. The van der Waals surface area contributed by atoms with Crippen molar-refractivity contribution in [3.8, 4) is 0 Å². The number of rotatable bonds is 7. The van der Waals surface area contributed by atoms with Crippen LogP contribution in [0.15, 0.2) is 24.8 Å². The van der Waals surface area contributed by atoms with Gasteiger partial charge in [0.1, 0.15) is 0 Å². The predicted octanol–water partition coefficient (Wildman–Crippen LogP) is 4.35. The van der Waals surface area contributed by atoms with Crippen LogP contribution in [0.25, 0.3) is 0 Å². The van der Waals surface area contributed by atoms with Gasteiger partial charge in [-0.25, -0.2) is 0 Å². The van der Waals surface area contributed by atoms with Crippen LogP contribution in [0.2, 0.25) is 0 Å². The average Bonchev–Trinajstić information content (AvgIpc) is 2.69. The summed E-state index contributed by atoms with van der Waals surface area (Å²) in [5.41, 5.74) is 0. The molecule has 0 amide bonds. The lowest BCUT2D eigenvalue weighted by Crippen LogP contribution is -2.23. The Kier molecular flexibility index (Phi) is 6.47. The molecule has 3 atom stereocenters. The highest BCUT2D eigenvalue weighted by Gasteiger charge is 2.33. The minimum absolute atomic E-state index is 0.381. The molecule has 0 radical (unpaired) electrons. The summed E-state index contributed by atoms with van der Waals surface area (Å²) in [6.45, 7) is 9.23. The number of hydrogen-bond donors (Lipinski definition) is 0. The van der Waals surface area contributed by atoms with Crippen LogP contribution in [0.3, 0.4) is 0 Å². The lowest BCUT2D eigenvalue weighted by Gasteiger charge is -2.21. The molecule has 0 spiro atoms. The Hall–Kier alpha value is -0.560. The topological polar surface area (TPSA) is 9.23 Å². The van der Waals surface area contributed by atoms with Crippen molar-refractivity contribution in [2.75, 3.05) is 6.61 Å².